The van der Waals surface area contributed by atoms with Crippen molar-refractivity contribution in [3.05, 3.63) is 71.6 Å². The maximum atomic E-state index is 13.6. The summed E-state index contributed by atoms with van der Waals surface area (Å²) in [5.74, 6) is -0.807. The molecule has 37 heavy (non-hydrogen) atoms. The van der Waals surface area contributed by atoms with Crippen molar-refractivity contribution in [2.24, 2.45) is 0 Å². The smallest absolute Gasteiger partial charge is 0.263 e. The van der Waals surface area contributed by atoms with Gasteiger partial charge >= 0.3 is 0 Å². The minimum Gasteiger partial charge on any atom is -0.333 e. The summed E-state index contributed by atoms with van der Waals surface area (Å²) in [7, 11) is -3.80. The molecule has 1 saturated heterocycles. The van der Waals surface area contributed by atoms with Gasteiger partial charge in [0.25, 0.3) is 10.0 Å². The molecule has 1 atom stereocenters. The number of amides is 2. The number of carbonyl (C=O) groups is 2. The lowest BCUT2D eigenvalue weighted by molar-refractivity contribution is -0.139. The van der Waals surface area contributed by atoms with E-state index in [1.54, 1.807) is 30.5 Å². The summed E-state index contributed by atoms with van der Waals surface area (Å²) in [4.78, 5) is 33.3. The highest BCUT2D eigenvalue weighted by Crippen LogP contribution is 2.27. The topological polar surface area (TPSA) is 105 Å². The van der Waals surface area contributed by atoms with Gasteiger partial charge in [0, 0.05) is 48.4 Å². The number of fused-ring (bicyclic) bond motifs is 1. The zero-order valence-corrected chi connectivity index (χ0v) is 21.7. The van der Waals surface area contributed by atoms with E-state index in [1.807, 2.05) is 17.6 Å². The van der Waals surface area contributed by atoms with Crippen molar-refractivity contribution in [2.75, 3.05) is 29.3 Å². The minimum atomic E-state index is -3.80. The van der Waals surface area contributed by atoms with Crippen LogP contribution in [0.25, 0.3) is 10.9 Å². The molecule has 1 N–H and O–H groups in total. The normalized spacial score (nSPS) is 15.3. The van der Waals surface area contributed by atoms with Crippen molar-refractivity contribution in [3.63, 3.8) is 0 Å². The summed E-state index contributed by atoms with van der Waals surface area (Å²) in [6.07, 6.45) is 1.51. The van der Waals surface area contributed by atoms with Crippen LogP contribution in [-0.4, -0.2) is 54.3 Å². The van der Waals surface area contributed by atoms with Gasteiger partial charge in [0.15, 0.2) is 5.13 Å². The molecule has 194 valence electrons. The minimum absolute atomic E-state index is 0. The molecule has 0 spiro atoms. The maximum Gasteiger partial charge on any atom is 0.263 e. The van der Waals surface area contributed by atoms with Crippen LogP contribution in [0.4, 0.5) is 15.2 Å². The Morgan fingerprint density at radius 2 is 1.92 bits per heavy atom. The van der Waals surface area contributed by atoms with Gasteiger partial charge in [0.2, 0.25) is 11.8 Å². The molecule has 0 bridgehead atoms. The van der Waals surface area contributed by atoms with Crippen molar-refractivity contribution in [1.82, 2.24) is 14.5 Å². The average molecular weight is 544 g/mol. The molecule has 9 nitrogen and oxygen atoms in total. The van der Waals surface area contributed by atoms with Crippen LogP contribution in [0, 0.1) is 12.7 Å². The molecule has 0 aliphatic carbocycles. The first-order valence-corrected chi connectivity index (χ1v) is 13.9. The van der Waals surface area contributed by atoms with Gasteiger partial charge in [-0.2, -0.15) is 0 Å². The van der Waals surface area contributed by atoms with Gasteiger partial charge in [-0.25, -0.2) is 17.8 Å². The van der Waals surface area contributed by atoms with Crippen LogP contribution in [0.15, 0.2) is 65.0 Å². The number of hydrogen-bond donors (Lipinski definition) is 1. The fraction of sp³-hybridized carbons (Fsp3) is 0.240. The van der Waals surface area contributed by atoms with Crippen LogP contribution in [0.5, 0.6) is 0 Å². The molecule has 1 fully saturated rings. The molecule has 12 heteroatoms. The monoisotopic (exact) mass is 543 g/mol. The van der Waals surface area contributed by atoms with Gasteiger partial charge in [-0.05, 0) is 62.4 Å². The van der Waals surface area contributed by atoms with E-state index in [1.165, 1.54) is 51.6 Å². The largest absolute Gasteiger partial charge is 0.333 e. The van der Waals surface area contributed by atoms with Gasteiger partial charge in [0.05, 0.1) is 4.90 Å². The highest BCUT2D eigenvalue weighted by atomic mass is 32.2. The quantitative estimate of drug-likeness (QED) is 0.396. The second kappa shape index (κ2) is 9.60. The van der Waals surface area contributed by atoms with Gasteiger partial charge in [-0.1, -0.05) is 0 Å². The van der Waals surface area contributed by atoms with Crippen LogP contribution in [0.2, 0.25) is 0 Å². The number of sulfonamides is 1. The number of carbonyl (C=O) groups excluding carboxylic acids is 2. The molecule has 5 rings (SSSR count). The number of thiazole rings is 1. The van der Waals surface area contributed by atoms with Crippen molar-refractivity contribution in [1.29, 1.82) is 0 Å². The Morgan fingerprint density at radius 1 is 1.16 bits per heavy atom. The second-order valence-electron chi connectivity index (χ2n) is 8.78. The zero-order valence-electron chi connectivity index (χ0n) is 20.1. The summed E-state index contributed by atoms with van der Waals surface area (Å²) in [6, 6.07) is 11.7. The summed E-state index contributed by atoms with van der Waals surface area (Å²) in [6.45, 7) is 4.14. The van der Waals surface area contributed by atoms with E-state index in [0.29, 0.717) is 17.6 Å². The Bertz CT molecular complexity index is 1590. The van der Waals surface area contributed by atoms with Gasteiger partial charge in [-0.15, -0.1) is 11.3 Å². The molecule has 2 aromatic carbocycles. The SMILES string of the molecule is Cc1cc2cc(F)ccc2n1C(C)C(=O)N1CCN(c2ccc(S(=O)(=O)Nc3nccs3)cc2)C(=O)C1.[HH]. The number of halogens is 1. The predicted octanol–water partition coefficient (Wildman–Crippen LogP) is 4.03. The Hall–Kier alpha value is -3.77. The molecule has 0 radical (unpaired) electrons. The maximum absolute atomic E-state index is 13.6. The lowest BCUT2D eigenvalue weighted by Crippen LogP contribution is -2.53. The fourth-order valence-corrected chi connectivity index (χ4v) is 6.41. The summed E-state index contributed by atoms with van der Waals surface area (Å²) >= 11 is 1.17. The van der Waals surface area contributed by atoms with E-state index in [9.17, 15) is 22.4 Å². The standard InChI is InChI=1S/C25H24FN5O4S2.H2/c1-16-13-18-14-19(26)3-8-22(18)31(16)17(2)24(33)29-10-11-30(23(32)15-29)20-4-6-21(7-5-20)37(34,35)28-25-27-9-12-36-25;/h3-9,12-14,17H,10-11,15H2,1-2H3,(H,27,28);1H. The number of nitrogens with one attached hydrogen (secondary N) is 1. The third-order valence-corrected chi connectivity index (χ3v) is 8.56. The Labute approximate surface area is 218 Å². The first-order chi connectivity index (χ1) is 17.6. The summed E-state index contributed by atoms with van der Waals surface area (Å²) in [5.41, 5.74) is 2.13. The van der Waals surface area contributed by atoms with Crippen molar-refractivity contribution < 1.29 is 23.8 Å². The van der Waals surface area contributed by atoms with Crippen LogP contribution < -0.4 is 9.62 Å². The Balaban J connectivity index is 0.00000336. The van der Waals surface area contributed by atoms with Crippen molar-refractivity contribution >= 4 is 54.9 Å². The molecule has 4 aromatic rings. The first kappa shape index (κ1) is 24.9. The average Bonchev–Trinajstić information content (AvgIpc) is 3.49. The molecule has 1 aliphatic rings. The van der Waals surface area contributed by atoms with Crippen LogP contribution in [0.1, 0.15) is 20.1 Å². The number of aromatic nitrogens is 2. The molecule has 1 unspecified atom stereocenters. The first-order valence-electron chi connectivity index (χ1n) is 11.5. The number of rotatable bonds is 6. The van der Waals surface area contributed by atoms with Gasteiger partial charge in [-0.3, -0.25) is 14.3 Å². The van der Waals surface area contributed by atoms with Crippen molar-refractivity contribution in [3.8, 4) is 0 Å². The highest BCUT2D eigenvalue weighted by Gasteiger charge is 2.32. The predicted molar refractivity (Wildman–Crippen MR) is 142 cm³/mol. The van der Waals surface area contributed by atoms with Crippen LogP contribution >= 0.6 is 11.3 Å². The molecule has 0 saturated carbocycles. The third-order valence-electron chi connectivity index (χ3n) is 6.38. The highest BCUT2D eigenvalue weighted by molar-refractivity contribution is 7.93. The number of nitrogens with zero attached hydrogens (tertiary/aromatic N) is 4. The van der Waals surface area contributed by atoms with Crippen LogP contribution in [-0.2, 0) is 19.6 Å². The van der Waals surface area contributed by atoms with E-state index < -0.39 is 16.1 Å². The van der Waals surface area contributed by atoms with Crippen molar-refractivity contribution in [2.45, 2.75) is 24.8 Å². The lowest BCUT2D eigenvalue weighted by atomic mass is 10.2. The fourth-order valence-electron chi connectivity index (χ4n) is 4.62. The van der Waals surface area contributed by atoms with E-state index >= 15 is 0 Å². The van der Waals surface area contributed by atoms with E-state index in [-0.39, 0.29) is 42.2 Å². The summed E-state index contributed by atoms with van der Waals surface area (Å²) < 4.78 is 43.0. The molecule has 3 heterocycles. The van der Waals surface area contributed by atoms with E-state index in [0.717, 1.165) is 11.2 Å². The number of aryl methyl sites for hydroxylation is 1. The van der Waals surface area contributed by atoms with Gasteiger partial charge < -0.3 is 14.4 Å². The molecule has 1 aliphatic heterocycles. The Kier molecular flexibility index (Phi) is 6.46. The zero-order chi connectivity index (χ0) is 26.3. The van der Waals surface area contributed by atoms with Crippen LogP contribution in [0.3, 0.4) is 0 Å². The second-order valence-corrected chi connectivity index (χ2v) is 11.4. The molecular weight excluding hydrogens is 517 g/mol. The Morgan fingerprint density at radius 3 is 2.59 bits per heavy atom. The number of benzene rings is 2. The molecule has 2 amide bonds. The van der Waals surface area contributed by atoms with E-state index in [2.05, 4.69) is 9.71 Å². The molecular formula is C25H26FN5O4S2. The van der Waals surface area contributed by atoms with Gasteiger partial charge in [0.1, 0.15) is 18.4 Å². The van der Waals surface area contributed by atoms with E-state index in [4.69, 9.17) is 0 Å². The molecule has 2 aromatic heterocycles. The number of anilines is 2. The lowest BCUT2D eigenvalue weighted by Gasteiger charge is -2.36. The summed E-state index contributed by atoms with van der Waals surface area (Å²) in [5, 5.41) is 2.65. The number of piperazine rings is 1. The number of hydrogen-bond acceptors (Lipinski definition) is 6. The third kappa shape index (κ3) is 4.81.